The van der Waals surface area contributed by atoms with Gasteiger partial charge in [0.15, 0.2) is 23.0 Å². The second kappa shape index (κ2) is 8.06. The molecule has 2 aliphatic heterocycles. The molecule has 0 bridgehead atoms. The van der Waals surface area contributed by atoms with Crippen LogP contribution in [0.5, 0.6) is 28.7 Å². The molecule has 1 aliphatic carbocycles. The zero-order valence-electron chi connectivity index (χ0n) is 18.5. The number of hydrogen-bond acceptors (Lipinski definition) is 8. The number of benzene rings is 2. The van der Waals surface area contributed by atoms with Gasteiger partial charge < -0.3 is 33.5 Å². The summed E-state index contributed by atoms with van der Waals surface area (Å²) in [5.41, 5.74) is 2.40. The Kier molecular flexibility index (Phi) is 5.19. The summed E-state index contributed by atoms with van der Waals surface area (Å²) in [6, 6.07) is 7.33. The van der Waals surface area contributed by atoms with Gasteiger partial charge in [-0.1, -0.05) is 0 Å². The SMILES string of the molecule is COc1cc([C@@H]2c3cc4c(cc3[C@H](CC(=O)O)[C@H]3COC(=O)[C@H]23)OCO4)cc(OC)c1OC. The second-order valence-electron chi connectivity index (χ2n) is 8.29. The van der Waals surface area contributed by atoms with Crippen molar-refractivity contribution in [2.24, 2.45) is 11.8 Å². The highest BCUT2D eigenvalue weighted by atomic mass is 16.7. The summed E-state index contributed by atoms with van der Waals surface area (Å²) in [7, 11) is 4.59. The van der Waals surface area contributed by atoms with E-state index in [0.29, 0.717) is 28.7 Å². The molecule has 4 atom stereocenters. The summed E-state index contributed by atoms with van der Waals surface area (Å²) in [5.74, 6) is -0.480. The summed E-state index contributed by atoms with van der Waals surface area (Å²) in [5, 5.41) is 9.62. The fourth-order valence-electron chi connectivity index (χ4n) is 5.41. The summed E-state index contributed by atoms with van der Waals surface area (Å²) in [6.45, 7) is 0.252. The number of carboxylic acid groups (broad SMARTS) is 1. The summed E-state index contributed by atoms with van der Waals surface area (Å²) in [4.78, 5) is 24.7. The minimum absolute atomic E-state index is 0.0889. The number of ether oxygens (including phenoxy) is 6. The van der Waals surface area contributed by atoms with E-state index < -0.39 is 23.7 Å². The van der Waals surface area contributed by atoms with E-state index in [9.17, 15) is 14.7 Å². The number of carbonyl (C=O) groups is 2. The van der Waals surface area contributed by atoms with E-state index in [-0.39, 0.29) is 31.7 Å². The number of rotatable bonds is 6. The van der Waals surface area contributed by atoms with Gasteiger partial charge in [-0.25, -0.2) is 0 Å². The highest BCUT2D eigenvalue weighted by molar-refractivity contribution is 5.80. The fourth-order valence-corrected chi connectivity index (χ4v) is 5.41. The van der Waals surface area contributed by atoms with Crippen LogP contribution in [-0.2, 0) is 14.3 Å². The Hall–Kier alpha value is -3.62. The van der Waals surface area contributed by atoms with Crippen molar-refractivity contribution in [2.45, 2.75) is 18.3 Å². The number of cyclic esters (lactones) is 1. The Morgan fingerprint density at radius 3 is 2.18 bits per heavy atom. The van der Waals surface area contributed by atoms with Crippen molar-refractivity contribution in [1.29, 1.82) is 0 Å². The first-order chi connectivity index (χ1) is 16.0. The molecule has 1 fully saturated rings. The number of methoxy groups -OCH3 is 3. The maximum absolute atomic E-state index is 13.0. The highest BCUT2D eigenvalue weighted by Gasteiger charge is 2.53. The van der Waals surface area contributed by atoms with Crippen LogP contribution in [0.4, 0.5) is 0 Å². The Morgan fingerprint density at radius 1 is 0.970 bits per heavy atom. The van der Waals surface area contributed by atoms with Crippen molar-refractivity contribution >= 4 is 11.9 Å². The topological polar surface area (TPSA) is 110 Å². The van der Waals surface area contributed by atoms with Gasteiger partial charge in [-0.05, 0) is 41.0 Å². The number of aliphatic carboxylic acids is 1. The van der Waals surface area contributed by atoms with Crippen LogP contribution in [0.1, 0.15) is 34.9 Å². The van der Waals surface area contributed by atoms with Gasteiger partial charge >= 0.3 is 11.9 Å². The van der Waals surface area contributed by atoms with E-state index in [1.54, 1.807) is 0 Å². The van der Waals surface area contributed by atoms with Gasteiger partial charge in [-0.15, -0.1) is 0 Å². The highest BCUT2D eigenvalue weighted by Crippen LogP contribution is 2.56. The summed E-state index contributed by atoms with van der Waals surface area (Å²) in [6.07, 6.45) is -0.119. The Labute approximate surface area is 190 Å². The molecule has 9 heteroatoms. The van der Waals surface area contributed by atoms with Gasteiger partial charge in [0, 0.05) is 17.8 Å². The van der Waals surface area contributed by atoms with E-state index in [0.717, 1.165) is 16.7 Å². The van der Waals surface area contributed by atoms with Gasteiger partial charge in [0.1, 0.15) is 0 Å². The third-order valence-electron chi connectivity index (χ3n) is 6.78. The van der Waals surface area contributed by atoms with Crippen LogP contribution < -0.4 is 23.7 Å². The van der Waals surface area contributed by atoms with Crippen molar-refractivity contribution in [1.82, 2.24) is 0 Å². The smallest absolute Gasteiger partial charge is 0.310 e. The second-order valence-corrected chi connectivity index (χ2v) is 8.29. The quantitative estimate of drug-likeness (QED) is 0.656. The first-order valence-corrected chi connectivity index (χ1v) is 10.6. The average Bonchev–Trinajstić information content (AvgIpc) is 3.43. The van der Waals surface area contributed by atoms with Gasteiger partial charge in [-0.2, -0.15) is 0 Å². The molecular formula is C24H24O9. The lowest BCUT2D eigenvalue weighted by atomic mass is 9.62. The predicted molar refractivity (Wildman–Crippen MR) is 113 cm³/mol. The zero-order valence-corrected chi connectivity index (χ0v) is 18.5. The van der Waals surface area contributed by atoms with Crippen LogP contribution >= 0.6 is 0 Å². The third kappa shape index (κ3) is 3.30. The normalized spacial score (nSPS) is 24.5. The maximum Gasteiger partial charge on any atom is 0.310 e. The van der Waals surface area contributed by atoms with Crippen molar-refractivity contribution in [3.63, 3.8) is 0 Å². The number of fused-ring (bicyclic) bond motifs is 3. The van der Waals surface area contributed by atoms with Crippen molar-refractivity contribution in [3.05, 3.63) is 41.0 Å². The fraction of sp³-hybridized carbons (Fsp3) is 0.417. The monoisotopic (exact) mass is 456 g/mol. The molecule has 2 aromatic rings. The standard InChI is InChI=1S/C24H24O9/c1-28-18-4-11(5-19(29-2)23(18)30-3)21-14-7-17-16(32-10-33-17)6-12(14)13(8-20(25)26)15-9-31-24(27)22(15)21/h4-7,13,15,21-22H,8-10H2,1-3H3,(H,25,26)/t13-,15+,21+,22-/m0/s1. The molecule has 0 aromatic heterocycles. The van der Waals surface area contributed by atoms with Crippen LogP contribution in [0.2, 0.25) is 0 Å². The summed E-state index contributed by atoms with van der Waals surface area (Å²) < 4.78 is 33.2. The predicted octanol–water partition coefficient (Wildman–Crippen LogP) is 2.93. The van der Waals surface area contributed by atoms with Crippen LogP contribution in [0.3, 0.4) is 0 Å². The minimum Gasteiger partial charge on any atom is -0.493 e. The van der Waals surface area contributed by atoms with Gasteiger partial charge in [0.25, 0.3) is 0 Å². The molecule has 9 nitrogen and oxygen atoms in total. The minimum atomic E-state index is -0.937. The molecule has 3 aliphatic rings. The molecule has 2 aromatic carbocycles. The Morgan fingerprint density at radius 2 is 1.61 bits per heavy atom. The molecule has 1 N–H and O–H groups in total. The molecular weight excluding hydrogens is 432 g/mol. The molecule has 0 spiro atoms. The van der Waals surface area contributed by atoms with Crippen LogP contribution in [0, 0.1) is 11.8 Å². The van der Waals surface area contributed by atoms with Gasteiger partial charge in [-0.3, -0.25) is 9.59 Å². The number of carboxylic acids is 1. The molecule has 0 unspecified atom stereocenters. The Bertz CT molecular complexity index is 1100. The zero-order chi connectivity index (χ0) is 23.3. The number of carbonyl (C=O) groups excluding carboxylic acids is 1. The van der Waals surface area contributed by atoms with Crippen molar-refractivity contribution < 1.29 is 43.1 Å². The first kappa shape index (κ1) is 21.2. The summed E-state index contributed by atoms with van der Waals surface area (Å²) >= 11 is 0. The molecule has 5 rings (SSSR count). The number of esters is 1. The molecule has 174 valence electrons. The first-order valence-electron chi connectivity index (χ1n) is 10.6. The largest absolute Gasteiger partial charge is 0.493 e. The van der Waals surface area contributed by atoms with Crippen LogP contribution in [-0.4, -0.2) is 51.8 Å². The molecule has 0 amide bonds. The maximum atomic E-state index is 13.0. The van der Waals surface area contributed by atoms with Gasteiger partial charge in [0.05, 0.1) is 40.3 Å². The number of hydrogen-bond donors (Lipinski definition) is 1. The van der Waals surface area contributed by atoms with E-state index in [2.05, 4.69) is 0 Å². The van der Waals surface area contributed by atoms with E-state index in [1.807, 2.05) is 24.3 Å². The molecule has 2 heterocycles. The lowest BCUT2D eigenvalue weighted by molar-refractivity contribution is -0.142. The van der Waals surface area contributed by atoms with E-state index in [4.69, 9.17) is 28.4 Å². The third-order valence-corrected chi connectivity index (χ3v) is 6.78. The molecule has 1 saturated heterocycles. The Balaban J connectivity index is 1.75. The lowest BCUT2D eigenvalue weighted by Crippen LogP contribution is -2.35. The molecule has 0 saturated carbocycles. The van der Waals surface area contributed by atoms with Crippen LogP contribution in [0.25, 0.3) is 0 Å². The van der Waals surface area contributed by atoms with E-state index >= 15 is 0 Å². The molecule has 0 radical (unpaired) electrons. The van der Waals surface area contributed by atoms with Gasteiger partial charge in [0.2, 0.25) is 12.5 Å². The van der Waals surface area contributed by atoms with Crippen molar-refractivity contribution in [2.75, 3.05) is 34.7 Å². The van der Waals surface area contributed by atoms with Crippen molar-refractivity contribution in [3.8, 4) is 28.7 Å². The molecule has 33 heavy (non-hydrogen) atoms. The lowest BCUT2D eigenvalue weighted by Gasteiger charge is -2.38. The van der Waals surface area contributed by atoms with Crippen LogP contribution in [0.15, 0.2) is 24.3 Å². The average molecular weight is 456 g/mol. The van der Waals surface area contributed by atoms with E-state index in [1.165, 1.54) is 21.3 Å².